The molecule has 1 aromatic rings. The first-order valence-electron chi connectivity index (χ1n) is 7.41. The van der Waals surface area contributed by atoms with Crippen LogP contribution in [-0.2, 0) is 4.74 Å². The number of aromatic nitrogens is 2. The van der Waals surface area contributed by atoms with Gasteiger partial charge in [0.15, 0.2) is 0 Å². The monoisotopic (exact) mass is 267 g/mol. The molecule has 0 aliphatic carbocycles. The van der Waals surface area contributed by atoms with E-state index < -0.39 is 0 Å². The van der Waals surface area contributed by atoms with Gasteiger partial charge in [-0.2, -0.15) is 0 Å². The molecule has 110 valence electrons. The molecular weight excluding hydrogens is 238 g/mol. The first-order valence-corrected chi connectivity index (χ1v) is 7.41. The van der Waals surface area contributed by atoms with E-state index in [9.17, 15) is 0 Å². The zero-order valence-electron chi connectivity index (χ0n) is 13.1. The molecule has 0 amide bonds. The zero-order valence-corrected chi connectivity index (χ0v) is 13.1. The molecule has 0 aliphatic rings. The van der Waals surface area contributed by atoms with E-state index in [2.05, 4.69) is 41.8 Å². The van der Waals surface area contributed by atoms with Crippen molar-refractivity contribution >= 4 is 5.95 Å². The second-order valence-corrected chi connectivity index (χ2v) is 5.57. The van der Waals surface area contributed by atoms with Crippen LogP contribution in [-0.4, -0.2) is 29.3 Å². The molecule has 19 heavy (non-hydrogen) atoms. The summed E-state index contributed by atoms with van der Waals surface area (Å²) in [6, 6.07) is 0.482. The third-order valence-corrected chi connectivity index (χ3v) is 3.09. The van der Waals surface area contributed by atoms with Gasteiger partial charge in [0, 0.05) is 32.0 Å². The number of imidazole rings is 1. The van der Waals surface area contributed by atoms with Gasteiger partial charge < -0.3 is 14.6 Å². The number of anilines is 1. The van der Waals surface area contributed by atoms with Crippen molar-refractivity contribution in [1.29, 1.82) is 0 Å². The molecule has 1 rings (SSSR count). The minimum absolute atomic E-state index is 0.482. The zero-order chi connectivity index (χ0) is 14.3. The molecule has 1 heterocycles. The van der Waals surface area contributed by atoms with Crippen LogP contribution in [0.2, 0.25) is 0 Å². The highest BCUT2D eigenvalue weighted by Gasteiger charge is 2.12. The summed E-state index contributed by atoms with van der Waals surface area (Å²) in [5.41, 5.74) is 1.07. The fraction of sp³-hybridized carbons (Fsp3) is 0.800. The number of ether oxygens (including phenoxy) is 1. The van der Waals surface area contributed by atoms with Crippen LogP contribution in [0.1, 0.15) is 52.3 Å². The van der Waals surface area contributed by atoms with E-state index in [0.29, 0.717) is 12.0 Å². The van der Waals surface area contributed by atoms with E-state index in [1.807, 2.05) is 13.8 Å². The van der Waals surface area contributed by atoms with Crippen molar-refractivity contribution in [2.45, 2.75) is 53.5 Å². The van der Waals surface area contributed by atoms with Gasteiger partial charge in [-0.05, 0) is 39.5 Å². The summed E-state index contributed by atoms with van der Waals surface area (Å²) in [4.78, 5) is 4.57. The smallest absolute Gasteiger partial charge is 0.203 e. The first-order chi connectivity index (χ1) is 9.04. The average molecular weight is 267 g/mol. The Morgan fingerprint density at radius 3 is 2.74 bits per heavy atom. The minimum Gasteiger partial charge on any atom is -0.382 e. The lowest BCUT2D eigenvalue weighted by Gasteiger charge is -2.18. The quantitative estimate of drug-likeness (QED) is 0.694. The molecule has 1 unspecified atom stereocenters. The van der Waals surface area contributed by atoms with Gasteiger partial charge in [0.05, 0.1) is 5.69 Å². The molecule has 0 radical (unpaired) electrons. The number of rotatable bonds is 9. The lowest BCUT2D eigenvalue weighted by Crippen LogP contribution is -2.14. The molecule has 0 aliphatic heterocycles. The van der Waals surface area contributed by atoms with Gasteiger partial charge in [-0.1, -0.05) is 13.8 Å². The normalized spacial score (nSPS) is 12.9. The summed E-state index contributed by atoms with van der Waals surface area (Å²) in [7, 11) is 0. The standard InChI is InChI=1S/C15H29N3O/c1-6-19-9-7-8-16-15-17-13(4)11-18(15)14(5)10-12(2)3/h11-12,14H,6-10H2,1-5H3,(H,16,17). The SMILES string of the molecule is CCOCCCNc1nc(C)cn1C(C)CC(C)C. The molecule has 0 fully saturated rings. The van der Waals surface area contributed by atoms with E-state index in [4.69, 9.17) is 4.74 Å². The fourth-order valence-electron chi connectivity index (χ4n) is 2.30. The molecule has 1 aromatic heterocycles. The number of hydrogen-bond acceptors (Lipinski definition) is 3. The van der Waals surface area contributed by atoms with Gasteiger partial charge >= 0.3 is 0 Å². The molecule has 0 saturated heterocycles. The van der Waals surface area contributed by atoms with Crippen LogP contribution in [0.3, 0.4) is 0 Å². The van der Waals surface area contributed by atoms with Crippen molar-refractivity contribution in [2.75, 3.05) is 25.1 Å². The average Bonchev–Trinajstić information content (AvgIpc) is 2.69. The first kappa shape index (κ1) is 16.0. The van der Waals surface area contributed by atoms with Gasteiger partial charge in [0.2, 0.25) is 5.95 Å². The molecule has 0 bridgehead atoms. The number of nitrogens with one attached hydrogen (secondary N) is 1. The highest BCUT2D eigenvalue weighted by Crippen LogP contribution is 2.22. The van der Waals surface area contributed by atoms with E-state index in [0.717, 1.165) is 37.8 Å². The Kier molecular flexibility index (Phi) is 6.92. The summed E-state index contributed by atoms with van der Waals surface area (Å²) in [5.74, 6) is 1.69. The lowest BCUT2D eigenvalue weighted by atomic mass is 10.1. The van der Waals surface area contributed by atoms with Crippen LogP contribution >= 0.6 is 0 Å². The van der Waals surface area contributed by atoms with E-state index in [1.165, 1.54) is 6.42 Å². The summed E-state index contributed by atoms with van der Waals surface area (Å²) >= 11 is 0. The molecule has 4 nitrogen and oxygen atoms in total. The topological polar surface area (TPSA) is 39.1 Å². The van der Waals surface area contributed by atoms with E-state index >= 15 is 0 Å². The fourth-order valence-corrected chi connectivity index (χ4v) is 2.30. The van der Waals surface area contributed by atoms with E-state index in [1.54, 1.807) is 0 Å². The summed E-state index contributed by atoms with van der Waals surface area (Å²) in [6.07, 6.45) is 4.32. The Labute approximate surface area is 117 Å². The van der Waals surface area contributed by atoms with Crippen molar-refractivity contribution in [2.24, 2.45) is 5.92 Å². The van der Waals surface area contributed by atoms with Crippen LogP contribution in [0, 0.1) is 12.8 Å². The van der Waals surface area contributed by atoms with Crippen LogP contribution in [0.5, 0.6) is 0 Å². The predicted octanol–water partition coefficient (Wildman–Crippen LogP) is 3.64. The molecule has 0 saturated carbocycles. The maximum Gasteiger partial charge on any atom is 0.203 e. The predicted molar refractivity (Wildman–Crippen MR) is 80.7 cm³/mol. The highest BCUT2D eigenvalue weighted by molar-refractivity contribution is 5.29. The van der Waals surface area contributed by atoms with Gasteiger partial charge in [-0.25, -0.2) is 4.98 Å². The molecule has 4 heteroatoms. The van der Waals surface area contributed by atoms with Gasteiger partial charge in [-0.3, -0.25) is 0 Å². The van der Waals surface area contributed by atoms with Crippen LogP contribution in [0.15, 0.2) is 6.20 Å². The number of aryl methyl sites for hydroxylation is 1. The molecular formula is C15H29N3O. The van der Waals surface area contributed by atoms with Gasteiger partial charge in [0.1, 0.15) is 0 Å². The molecule has 0 spiro atoms. The third kappa shape index (κ3) is 5.64. The second-order valence-electron chi connectivity index (χ2n) is 5.57. The maximum absolute atomic E-state index is 5.34. The Bertz CT molecular complexity index is 360. The van der Waals surface area contributed by atoms with Crippen LogP contribution in [0.25, 0.3) is 0 Å². The summed E-state index contributed by atoms with van der Waals surface area (Å²) in [5, 5.41) is 3.42. The summed E-state index contributed by atoms with van der Waals surface area (Å²) < 4.78 is 7.60. The lowest BCUT2D eigenvalue weighted by molar-refractivity contribution is 0.147. The molecule has 1 N–H and O–H groups in total. The number of nitrogens with zero attached hydrogens (tertiary/aromatic N) is 2. The molecule has 1 atom stereocenters. The van der Waals surface area contributed by atoms with Crippen molar-refractivity contribution in [3.8, 4) is 0 Å². The third-order valence-electron chi connectivity index (χ3n) is 3.09. The van der Waals surface area contributed by atoms with Crippen LogP contribution < -0.4 is 5.32 Å². The van der Waals surface area contributed by atoms with Crippen molar-refractivity contribution in [3.63, 3.8) is 0 Å². The maximum atomic E-state index is 5.34. The Hall–Kier alpha value is -1.03. The minimum atomic E-state index is 0.482. The van der Waals surface area contributed by atoms with Crippen molar-refractivity contribution in [3.05, 3.63) is 11.9 Å². The Balaban J connectivity index is 2.52. The second kappa shape index (κ2) is 8.20. The van der Waals surface area contributed by atoms with Crippen molar-refractivity contribution < 1.29 is 4.74 Å². The Morgan fingerprint density at radius 1 is 1.37 bits per heavy atom. The number of hydrogen-bond donors (Lipinski definition) is 1. The largest absolute Gasteiger partial charge is 0.382 e. The highest BCUT2D eigenvalue weighted by atomic mass is 16.5. The van der Waals surface area contributed by atoms with E-state index in [-0.39, 0.29) is 0 Å². The van der Waals surface area contributed by atoms with Gasteiger partial charge in [0.25, 0.3) is 0 Å². The van der Waals surface area contributed by atoms with Gasteiger partial charge in [-0.15, -0.1) is 0 Å². The van der Waals surface area contributed by atoms with Crippen LogP contribution in [0.4, 0.5) is 5.95 Å². The Morgan fingerprint density at radius 2 is 2.11 bits per heavy atom. The summed E-state index contributed by atoms with van der Waals surface area (Å²) in [6.45, 7) is 13.4. The molecule has 0 aromatic carbocycles. The van der Waals surface area contributed by atoms with Crippen molar-refractivity contribution in [1.82, 2.24) is 9.55 Å².